The van der Waals surface area contributed by atoms with Crippen molar-refractivity contribution < 1.29 is 15.0 Å². The lowest BCUT2D eigenvalue weighted by Crippen LogP contribution is -2.31. The number of hydrogen-bond acceptors (Lipinski definition) is 4. The summed E-state index contributed by atoms with van der Waals surface area (Å²) in [6, 6.07) is 0.665. The number of aliphatic carboxylic acids is 1. The van der Waals surface area contributed by atoms with Crippen LogP contribution < -0.4 is 5.73 Å². The molecule has 1 unspecified atom stereocenters. The first-order valence-corrected chi connectivity index (χ1v) is 4.59. The molecule has 1 aromatic rings. The van der Waals surface area contributed by atoms with E-state index in [1.165, 1.54) is 11.3 Å². The predicted octanol–water partition coefficient (Wildman–Crippen LogP) is 0.717. The number of aryl methyl sites for hydroxylation is 1. The molecule has 4 nitrogen and oxygen atoms in total. The largest absolute Gasteiger partial charge is 0.507 e. The van der Waals surface area contributed by atoms with Crippen LogP contribution in [0.25, 0.3) is 0 Å². The summed E-state index contributed by atoms with van der Waals surface area (Å²) in [5.41, 5.74) is 5.32. The van der Waals surface area contributed by atoms with Gasteiger partial charge in [-0.2, -0.15) is 0 Å². The smallest absolute Gasteiger partial charge is 0.320 e. The van der Waals surface area contributed by atoms with Crippen LogP contribution in [0, 0.1) is 6.92 Å². The third-order valence-electron chi connectivity index (χ3n) is 1.63. The van der Waals surface area contributed by atoms with Gasteiger partial charge >= 0.3 is 5.97 Å². The Morgan fingerprint density at radius 3 is 2.77 bits per heavy atom. The van der Waals surface area contributed by atoms with E-state index in [-0.39, 0.29) is 12.2 Å². The second kappa shape index (κ2) is 3.76. The number of carboxylic acids is 1. The van der Waals surface area contributed by atoms with Crippen molar-refractivity contribution in [2.45, 2.75) is 19.4 Å². The molecule has 72 valence electrons. The second-order valence-electron chi connectivity index (χ2n) is 2.81. The zero-order valence-corrected chi connectivity index (χ0v) is 7.97. The van der Waals surface area contributed by atoms with E-state index in [2.05, 4.69) is 0 Å². The fraction of sp³-hybridized carbons (Fsp3) is 0.375. The van der Waals surface area contributed by atoms with Gasteiger partial charge in [0, 0.05) is 16.2 Å². The van der Waals surface area contributed by atoms with Crippen LogP contribution in [0.5, 0.6) is 5.75 Å². The SMILES string of the molecule is Cc1cc(O)c(CC(N)C(=O)O)s1. The molecule has 0 amide bonds. The van der Waals surface area contributed by atoms with Crippen LogP contribution in [0.2, 0.25) is 0 Å². The van der Waals surface area contributed by atoms with Crippen molar-refractivity contribution in [2.75, 3.05) is 0 Å². The van der Waals surface area contributed by atoms with Crippen LogP contribution in [0.4, 0.5) is 0 Å². The van der Waals surface area contributed by atoms with E-state index in [0.29, 0.717) is 4.88 Å². The fourth-order valence-corrected chi connectivity index (χ4v) is 1.97. The maximum Gasteiger partial charge on any atom is 0.320 e. The molecule has 1 aromatic heterocycles. The van der Waals surface area contributed by atoms with Gasteiger partial charge < -0.3 is 15.9 Å². The highest BCUT2D eigenvalue weighted by atomic mass is 32.1. The molecule has 0 aromatic carbocycles. The van der Waals surface area contributed by atoms with Gasteiger partial charge in [-0.15, -0.1) is 11.3 Å². The Morgan fingerprint density at radius 2 is 2.38 bits per heavy atom. The van der Waals surface area contributed by atoms with Crippen LogP contribution in [0.15, 0.2) is 6.07 Å². The van der Waals surface area contributed by atoms with Crippen molar-refractivity contribution in [3.8, 4) is 5.75 Å². The minimum atomic E-state index is -1.05. The summed E-state index contributed by atoms with van der Waals surface area (Å²) in [4.78, 5) is 12.0. The number of thiophene rings is 1. The van der Waals surface area contributed by atoms with Gasteiger partial charge in [-0.3, -0.25) is 4.79 Å². The molecule has 1 heterocycles. The zero-order valence-electron chi connectivity index (χ0n) is 7.15. The van der Waals surface area contributed by atoms with Gasteiger partial charge in [0.2, 0.25) is 0 Å². The predicted molar refractivity (Wildman–Crippen MR) is 50.0 cm³/mol. The van der Waals surface area contributed by atoms with E-state index in [4.69, 9.17) is 10.8 Å². The van der Waals surface area contributed by atoms with Gasteiger partial charge in [0.05, 0.1) is 0 Å². The summed E-state index contributed by atoms with van der Waals surface area (Å²) in [6.45, 7) is 1.85. The Morgan fingerprint density at radius 1 is 1.77 bits per heavy atom. The minimum Gasteiger partial charge on any atom is -0.507 e. The Balaban J connectivity index is 2.74. The lowest BCUT2D eigenvalue weighted by atomic mass is 10.2. The summed E-state index contributed by atoms with van der Waals surface area (Å²) >= 11 is 1.37. The number of carbonyl (C=O) groups is 1. The molecule has 0 radical (unpaired) electrons. The van der Waals surface area contributed by atoms with Crippen molar-refractivity contribution in [3.05, 3.63) is 15.8 Å². The van der Waals surface area contributed by atoms with Crippen molar-refractivity contribution >= 4 is 17.3 Å². The first kappa shape index (κ1) is 10.0. The number of rotatable bonds is 3. The molecule has 0 saturated heterocycles. The first-order chi connectivity index (χ1) is 6.00. The van der Waals surface area contributed by atoms with Crippen LogP contribution in [0.3, 0.4) is 0 Å². The third kappa shape index (κ3) is 2.43. The van der Waals surface area contributed by atoms with E-state index in [1.54, 1.807) is 6.07 Å². The number of carboxylic acid groups (broad SMARTS) is 1. The average molecular weight is 201 g/mol. The second-order valence-corrected chi connectivity index (χ2v) is 4.16. The van der Waals surface area contributed by atoms with Crippen LogP contribution in [-0.2, 0) is 11.2 Å². The highest BCUT2D eigenvalue weighted by Crippen LogP contribution is 2.28. The van der Waals surface area contributed by atoms with E-state index < -0.39 is 12.0 Å². The molecule has 0 fully saturated rings. The lowest BCUT2D eigenvalue weighted by Gasteiger charge is -2.03. The summed E-state index contributed by atoms with van der Waals surface area (Å²) in [6.07, 6.45) is 0.180. The quantitative estimate of drug-likeness (QED) is 0.672. The summed E-state index contributed by atoms with van der Waals surface area (Å²) in [7, 11) is 0. The number of nitrogens with two attached hydrogens (primary N) is 1. The third-order valence-corrected chi connectivity index (χ3v) is 2.69. The lowest BCUT2D eigenvalue weighted by molar-refractivity contribution is -0.138. The van der Waals surface area contributed by atoms with Crippen LogP contribution >= 0.6 is 11.3 Å². The van der Waals surface area contributed by atoms with Gasteiger partial charge in [0.15, 0.2) is 0 Å². The molecule has 0 spiro atoms. The highest BCUT2D eigenvalue weighted by Gasteiger charge is 2.15. The Labute approximate surface area is 79.6 Å². The summed E-state index contributed by atoms with van der Waals surface area (Å²) in [5.74, 6) is -0.912. The molecule has 0 saturated carbocycles. The molecule has 4 N–H and O–H groups in total. The van der Waals surface area contributed by atoms with Crippen molar-refractivity contribution in [2.24, 2.45) is 5.73 Å². The number of aromatic hydroxyl groups is 1. The molecule has 0 aliphatic heterocycles. The fourth-order valence-electron chi connectivity index (χ4n) is 0.982. The van der Waals surface area contributed by atoms with Gasteiger partial charge in [0.1, 0.15) is 11.8 Å². The van der Waals surface area contributed by atoms with Gasteiger partial charge in [0.25, 0.3) is 0 Å². The van der Waals surface area contributed by atoms with E-state index >= 15 is 0 Å². The average Bonchev–Trinajstić information content (AvgIpc) is 2.30. The standard InChI is InChI=1S/C8H11NO3S/c1-4-2-6(10)7(13-4)3-5(9)8(11)12/h2,5,10H,3,9H2,1H3,(H,11,12). The monoisotopic (exact) mass is 201 g/mol. The maximum atomic E-state index is 10.4. The topological polar surface area (TPSA) is 83.5 Å². The van der Waals surface area contributed by atoms with Crippen molar-refractivity contribution in [1.82, 2.24) is 0 Å². The van der Waals surface area contributed by atoms with E-state index in [9.17, 15) is 9.90 Å². The van der Waals surface area contributed by atoms with Gasteiger partial charge in [-0.05, 0) is 13.0 Å². The Bertz CT molecular complexity index is 321. The van der Waals surface area contributed by atoms with Crippen LogP contribution in [-0.4, -0.2) is 22.2 Å². The summed E-state index contributed by atoms with van der Waals surface area (Å²) in [5, 5.41) is 17.9. The minimum absolute atomic E-state index is 0.138. The molecule has 13 heavy (non-hydrogen) atoms. The summed E-state index contributed by atoms with van der Waals surface area (Å²) < 4.78 is 0. The Kier molecular flexibility index (Phi) is 2.90. The molecule has 0 bridgehead atoms. The van der Waals surface area contributed by atoms with Crippen LogP contribution in [0.1, 0.15) is 9.75 Å². The molecule has 1 rings (SSSR count). The molecular formula is C8H11NO3S. The molecule has 1 atom stereocenters. The molecule has 0 aliphatic carbocycles. The van der Waals surface area contributed by atoms with E-state index in [1.807, 2.05) is 6.92 Å². The van der Waals surface area contributed by atoms with Crippen molar-refractivity contribution in [1.29, 1.82) is 0 Å². The van der Waals surface area contributed by atoms with Crippen molar-refractivity contribution in [3.63, 3.8) is 0 Å². The van der Waals surface area contributed by atoms with Gasteiger partial charge in [-0.25, -0.2) is 0 Å². The Hall–Kier alpha value is -1.07. The highest BCUT2D eigenvalue weighted by molar-refractivity contribution is 7.12. The number of hydrogen-bond donors (Lipinski definition) is 3. The first-order valence-electron chi connectivity index (χ1n) is 3.77. The van der Waals surface area contributed by atoms with Gasteiger partial charge in [-0.1, -0.05) is 0 Å². The zero-order chi connectivity index (χ0) is 10.0. The molecule has 5 heteroatoms. The molecular weight excluding hydrogens is 190 g/mol. The maximum absolute atomic E-state index is 10.4. The molecule has 0 aliphatic rings. The normalized spacial score (nSPS) is 12.8. The van der Waals surface area contributed by atoms with E-state index in [0.717, 1.165) is 4.88 Å².